The van der Waals surface area contributed by atoms with E-state index in [-0.39, 0.29) is 0 Å². The first kappa shape index (κ1) is 13.6. The second kappa shape index (κ2) is 5.94. The maximum absolute atomic E-state index is 5.54. The van der Waals surface area contributed by atoms with Gasteiger partial charge in [0.05, 0.1) is 17.6 Å². The summed E-state index contributed by atoms with van der Waals surface area (Å²) in [6, 6.07) is 8.85. The highest BCUT2D eigenvalue weighted by atomic mass is 16.5. The zero-order valence-corrected chi connectivity index (χ0v) is 12.3. The quantitative estimate of drug-likeness (QED) is 0.908. The molecule has 1 fully saturated rings. The number of nitrogens with zero attached hydrogens (tertiary/aromatic N) is 2. The lowest BCUT2D eigenvalue weighted by Gasteiger charge is -2.23. The van der Waals surface area contributed by atoms with Gasteiger partial charge in [0.1, 0.15) is 5.82 Å². The second-order valence-corrected chi connectivity index (χ2v) is 5.50. The Hall–Kier alpha value is -1.39. The van der Waals surface area contributed by atoms with Gasteiger partial charge in [-0.15, -0.1) is 0 Å². The fourth-order valence-electron chi connectivity index (χ4n) is 3.14. The molecule has 1 aromatic heterocycles. The van der Waals surface area contributed by atoms with Crippen LogP contribution in [0.2, 0.25) is 0 Å². The van der Waals surface area contributed by atoms with E-state index in [4.69, 9.17) is 9.72 Å². The van der Waals surface area contributed by atoms with Gasteiger partial charge in [-0.1, -0.05) is 19.1 Å². The Bertz CT molecular complexity index is 572. The highest BCUT2D eigenvalue weighted by Gasteiger charge is 2.26. The Morgan fingerprint density at radius 2 is 2.30 bits per heavy atom. The van der Waals surface area contributed by atoms with E-state index in [2.05, 4.69) is 41.1 Å². The van der Waals surface area contributed by atoms with Crippen LogP contribution in [0.3, 0.4) is 0 Å². The van der Waals surface area contributed by atoms with Crippen LogP contribution in [0.25, 0.3) is 11.0 Å². The summed E-state index contributed by atoms with van der Waals surface area (Å²) in [4.78, 5) is 4.75. The minimum Gasteiger partial charge on any atom is -0.381 e. The van der Waals surface area contributed by atoms with E-state index < -0.39 is 0 Å². The summed E-state index contributed by atoms with van der Waals surface area (Å²) < 4.78 is 7.91. The number of hydrogen-bond donors (Lipinski definition) is 1. The number of aryl methyl sites for hydroxylation is 1. The summed E-state index contributed by atoms with van der Waals surface area (Å²) in [6.45, 7) is 4.91. The predicted octanol–water partition coefficient (Wildman–Crippen LogP) is 2.22. The molecule has 1 aromatic carbocycles. The number of ether oxygens (including phenoxy) is 1. The van der Waals surface area contributed by atoms with Crippen LogP contribution in [-0.4, -0.2) is 35.9 Å². The minimum atomic E-state index is 0.445. The van der Waals surface area contributed by atoms with Crippen molar-refractivity contribution in [2.45, 2.75) is 32.4 Å². The molecule has 2 atom stereocenters. The number of nitrogens with one attached hydrogen (secondary N) is 1. The van der Waals surface area contributed by atoms with Crippen LogP contribution < -0.4 is 5.32 Å². The van der Waals surface area contributed by atoms with Crippen molar-refractivity contribution in [3.05, 3.63) is 30.1 Å². The average Bonchev–Trinajstić information content (AvgIpc) is 3.12. The standard InChI is InChI=1S/C16H23N3O/c1-3-16-18-13-6-4-5-7-15(13)19(16)10-14(17-2)12-8-9-20-11-12/h4-7,12,14,17H,3,8-11H2,1-2H3. The monoisotopic (exact) mass is 273 g/mol. The van der Waals surface area contributed by atoms with Crippen LogP contribution in [0.5, 0.6) is 0 Å². The summed E-state index contributed by atoms with van der Waals surface area (Å²) in [5.74, 6) is 1.77. The molecule has 20 heavy (non-hydrogen) atoms. The predicted molar refractivity (Wildman–Crippen MR) is 80.9 cm³/mol. The third-order valence-electron chi connectivity index (χ3n) is 4.33. The first-order chi connectivity index (χ1) is 9.83. The summed E-state index contributed by atoms with van der Waals surface area (Å²) in [5.41, 5.74) is 2.34. The first-order valence-electron chi connectivity index (χ1n) is 7.52. The van der Waals surface area contributed by atoms with Crippen LogP contribution in [0.1, 0.15) is 19.2 Å². The van der Waals surface area contributed by atoms with Crippen molar-refractivity contribution in [2.75, 3.05) is 20.3 Å². The smallest absolute Gasteiger partial charge is 0.109 e. The lowest BCUT2D eigenvalue weighted by atomic mass is 9.99. The average molecular weight is 273 g/mol. The Morgan fingerprint density at radius 1 is 1.45 bits per heavy atom. The fraction of sp³-hybridized carbons (Fsp3) is 0.562. The van der Waals surface area contributed by atoms with Crippen molar-refractivity contribution in [3.63, 3.8) is 0 Å². The van der Waals surface area contributed by atoms with E-state index in [0.29, 0.717) is 12.0 Å². The van der Waals surface area contributed by atoms with Crippen LogP contribution >= 0.6 is 0 Å². The zero-order valence-electron chi connectivity index (χ0n) is 12.3. The Balaban J connectivity index is 1.91. The molecule has 3 rings (SSSR count). The van der Waals surface area contributed by atoms with Crippen LogP contribution in [0.15, 0.2) is 24.3 Å². The Morgan fingerprint density at radius 3 is 3.00 bits per heavy atom. The second-order valence-electron chi connectivity index (χ2n) is 5.50. The normalized spacial score (nSPS) is 20.6. The molecule has 108 valence electrons. The van der Waals surface area contributed by atoms with Gasteiger partial charge in [-0.3, -0.25) is 0 Å². The summed E-state index contributed by atoms with van der Waals surface area (Å²) in [7, 11) is 2.05. The van der Waals surface area contributed by atoms with Gasteiger partial charge in [0, 0.05) is 31.5 Å². The molecule has 2 unspecified atom stereocenters. The zero-order chi connectivity index (χ0) is 13.9. The van der Waals surface area contributed by atoms with E-state index in [1.165, 1.54) is 11.3 Å². The first-order valence-corrected chi connectivity index (χ1v) is 7.52. The van der Waals surface area contributed by atoms with Crippen LogP contribution in [0, 0.1) is 5.92 Å². The molecule has 0 spiro atoms. The molecular formula is C16H23N3O. The van der Waals surface area contributed by atoms with Gasteiger partial charge in [-0.05, 0) is 25.6 Å². The number of para-hydroxylation sites is 2. The van der Waals surface area contributed by atoms with Crippen molar-refractivity contribution < 1.29 is 4.74 Å². The molecule has 2 aromatic rings. The number of fused-ring (bicyclic) bond motifs is 1. The van der Waals surface area contributed by atoms with E-state index >= 15 is 0 Å². The molecule has 0 aliphatic carbocycles. The number of aromatic nitrogens is 2. The molecule has 0 amide bonds. The molecule has 1 saturated heterocycles. The Labute approximate surface area is 120 Å². The number of benzene rings is 1. The maximum Gasteiger partial charge on any atom is 0.109 e. The minimum absolute atomic E-state index is 0.445. The van der Waals surface area contributed by atoms with Crippen molar-refractivity contribution in [1.29, 1.82) is 0 Å². The van der Waals surface area contributed by atoms with E-state index in [1.807, 2.05) is 7.05 Å². The van der Waals surface area contributed by atoms with E-state index in [0.717, 1.165) is 38.1 Å². The maximum atomic E-state index is 5.54. The lowest BCUT2D eigenvalue weighted by molar-refractivity contribution is 0.175. The van der Waals surface area contributed by atoms with Crippen LogP contribution in [-0.2, 0) is 17.7 Å². The molecule has 1 N–H and O–H groups in total. The topological polar surface area (TPSA) is 39.1 Å². The van der Waals surface area contributed by atoms with Crippen molar-refractivity contribution >= 4 is 11.0 Å². The Kier molecular flexibility index (Phi) is 4.03. The molecule has 2 heterocycles. The van der Waals surface area contributed by atoms with Crippen molar-refractivity contribution in [1.82, 2.24) is 14.9 Å². The van der Waals surface area contributed by atoms with Gasteiger partial charge in [0.15, 0.2) is 0 Å². The number of hydrogen-bond acceptors (Lipinski definition) is 3. The molecule has 0 saturated carbocycles. The van der Waals surface area contributed by atoms with Gasteiger partial charge in [-0.2, -0.15) is 0 Å². The SMILES string of the molecule is CCc1nc2ccccc2n1CC(NC)C1CCOC1. The van der Waals surface area contributed by atoms with Crippen molar-refractivity contribution in [2.24, 2.45) is 5.92 Å². The summed E-state index contributed by atoms with van der Waals surface area (Å²) in [5, 5.41) is 3.47. The van der Waals surface area contributed by atoms with Gasteiger partial charge in [0.25, 0.3) is 0 Å². The molecule has 0 bridgehead atoms. The van der Waals surface area contributed by atoms with E-state index in [1.54, 1.807) is 0 Å². The number of imidazole rings is 1. The highest BCUT2D eigenvalue weighted by molar-refractivity contribution is 5.75. The third-order valence-corrected chi connectivity index (χ3v) is 4.33. The number of likely N-dealkylation sites (N-methyl/N-ethyl adjacent to an activating group) is 1. The molecule has 0 radical (unpaired) electrons. The van der Waals surface area contributed by atoms with Crippen LogP contribution in [0.4, 0.5) is 0 Å². The summed E-state index contributed by atoms with van der Waals surface area (Å²) in [6.07, 6.45) is 2.12. The van der Waals surface area contributed by atoms with E-state index in [9.17, 15) is 0 Å². The van der Waals surface area contributed by atoms with Gasteiger partial charge < -0.3 is 14.6 Å². The van der Waals surface area contributed by atoms with Crippen molar-refractivity contribution in [3.8, 4) is 0 Å². The molecule has 1 aliphatic heterocycles. The lowest BCUT2D eigenvalue weighted by Crippen LogP contribution is -2.38. The fourth-order valence-corrected chi connectivity index (χ4v) is 3.14. The summed E-state index contributed by atoms with van der Waals surface area (Å²) >= 11 is 0. The largest absolute Gasteiger partial charge is 0.381 e. The molecule has 4 nitrogen and oxygen atoms in total. The molecular weight excluding hydrogens is 250 g/mol. The van der Waals surface area contributed by atoms with Gasteiger partial charge >= 0.3 is 0 Å². The van der Waals surface area contributed by atoms with Gasteiger partial charge in [-0.25, -0.2) is 4.98 Å². The highest BCUT2D eigenvalue weighted by Crippen LogP contribution is 2.22. The molecule has 1 aliphatic rings. The van der Waals surface area contributed by atoms with Gasteiger partial charge in [0.2, 0.25) is 0 Å². The third kappa shape index (κ3) is 2.45. The number of rotatable bonds is 5. The molecule has 4 heteroatoms.